The first-order valence-electron chi connectivity index (χ1n) is 5.03. The second-order valence-electron chi connectivity index (χ2n) is 4.32. The Kier molecular flexibility index (Phi) is 4.00. The van der Waals surface area contributed by atoms with E-state index in [1.807, 2.05) is 13.8 Å². The van der Waals surface area contributed by atoms with Gasteiger partial charge >= 0.3 is 0 Å². The Hall–Kier alpha value is -1.43. The fraction of sp³-hybridized carbons (Fsp3) is 0.600. The summed E-state index contributed by atoms with van der Waals surface area (Å²) in [5.41, 5.74) is -0.322. The minimum Gasteiger partial charge on any atom is -0.396 e. The highest BCUT2D eigenvalue weighted by molar-refractivity contribution is 5.40. The lowest BCUT2D eigenvalue weighted by Gasteiger charge is -2.22. The summed E-state index contributed by atoms with van der Waals surface area (Å²) in [6, 6.07) is 0. The van der Waals surface area contributed by atoms with Gasteiger partial charge in [-0.1, -0.05) is 13.8 Å². The summed E-state index contributed by atoms with van der Waals surface area (Å²) < 4.78 is 13.3. The van der Waals surface area contributed by atoms with Crippen LogP contribution in [0.4, 0.5) is 16.2 Å². The molecule has 1 aromatic heterocycles. The second kappa shape index (κ2) is 5.07. The highest BCUT2D eigenvalue weighted by Crippen LogP contribution is 2.17. The Morgan fingerprint density at radius 3 is 2.75 bits per heavy atom. The van der Waals surface area contributed by atoms with E-state index in [0.29, 0.717) is 12.5 Å². The molecule has 0 aliphatic heterocycles. The van der Waals surface area contributed by atoms with Crippen molar-refractivity contribution >= 4 is 11.8 Å². The molecule has 3 N–H and O–H groups in total. The molecule has 0 fully saturated rings. The number of nitrogens with one attached hydrogen (secondary N) is 2. The molecule has 0 amide bonds. The van der Waals surface area contributed by atoms with Crippen LogP contribution in [0, 0.1) is 11.2 Å². The first-order chi connectivity index (χ1) is 7.48. The summed E-state index contributed by atoms with van der Waals surface area (Å²) in [6.45, 7) is 4.20. The van der Waals surface area contributed by atoms with Crippen molar-refractivity contribution in [2.24, 2.45) is 5.41 Å². The molecule has 0 aliphatic carbocycles. The van der Waals surface area contributed by atoms with Crippen molar-refractivity contribution in [1.82, 2.24) is 9.97 Å². The van der Waals surface area contributed by atoms with Crippen LogP contribution in [0.1, 0.15) is 13.8 Å². The Bertz CT molecular complexity index is 357. The van der Waals surface area contributed by atoms with Gasteiger partial charge in [0.15, 0.2) is 11.6 Å². The van der Waals surface area contributed by atoms with Gasteiger partial charge in [0.1, 0.15) is 0 Å². The Morgan fingerprint density at radius 1 is 1.50 bits per heavy atom. The van der Waals surface area contributed by atoms with Crippen molar-refractivity contribution in [3.8, 4) is 0 Å². The predicted molar refractivity (Wildman–Crippen MR) is 60.9 cm³/mol. The van der Waals surface area contributed by atoms with Gasteiger partial charge in [-0.3, -0.25) is 0 Å². The first kappa shape index (κ1) is 12.6. The van der Waals surface area contributed by atoms with E-state index in [1.54, 1.807) is 7.05 Å². The summed E-state index contributed by atoms with van der Waals surface area (Å²) in [7, 11) is 1.66. The highest BCUT2D eigenvalue weighted by atomic mass is 19.1. The third-order valence-corrected chi connectivity index (χ3v) is 2.13. The Labute approximate surface area is 94.1 Å². The molecule has 0 bridgehead atoms. The number of aliphatic hydroxyl groups is 1. The third kappa shape index (κ3) is 3.30. The number of aliphatic hydroxyl groups excluding tert-OH is 1. The quantitative estimate of drug-likeness (QED) is 0.703. The van der Waals surface area contributed by atoms with Crippen molar-refractivity contribution in [2.45, 2.75) is 13.8 Å². The highest BCUT2D eigenvalue weighted by Gasteiger charge is 2.17. The second-order valence-corrected chi connectivity index (χ2v) is 4.32. The van der Waals surface area contributed by atoms with Crippen LogP contribution < -0.4 is 10.6 Å². The molecule has 1 heterocycles. The molecular weight excluding hydrogens is 211 g/mol. The molecule has 1 rings (SSSR count). The van der Waals surface area contributed by atoms with Gasteiger partial charge in [0, 0.05) is 25.6 Å². The zero-order valence-corrected chi connectivity index (χ0v) is 9.71. The molecule has 0 aromatic carbocycles. The van der Waals surface area contributed by atoms with E-state index in [2.05, 4.69) is 20.6 Å². The maximum atomic E-state index is 13.3. The lowest BCUT2D eigenvalue weighted by molar-refractivity contribution is 0.170. The summed E-state index contributed by atoms with van der Waals surface area (Å²) in [6.07, 6.45) is 1.10. The number of anilines is 2. The molecule has 0 atom stereocenters. The number of nitrogens with zero attached hydrogens (tertiary/aromatic N) is 2. The minimum absolute atomic E-state index is 0.0194. The fourth-order valence-corrected chi connectivity index (χ4v) is 0.990. The maximum absolute atomic E-state index is 13.3. The molecule has 90 valence electrons. The fourth-order valence-electron chi connectivity index (χ4n) is 0.990. The molecule has 0 spiro atoms. The van der Waals surface area contributed by atoms with Crippen LogP contribution in [0.3, 0.4) is 0 Å². The van der Waals surface area contributed by atoms with Crippen LogP contribution in [0.25, 0.3) is 0 Å². The number of hydrogen-bond donors (Lipinski definition) is 3. The summed E-state index contributed by atoms with van der Waals surface area (Å²) >= 11 is 0. The standard InChI is InChI=1S/C10H17FN4O/c1-10(2,6-16)5-14-8-7(11)4-13-9(12-3)15-8/h4,16H,5-6H2,1-3H3,(H2,12,13,14,15). The molecule has 5 nitrogen and oxygen atoms in total. The number of hydrogen-bond acceptors (Lipinski definition) is 5. The average Bonchev–Trinajstić information content (AvgIpc) is 2.28. The van der Waals surface area contributed by atoms with E-state index in [-0.39, 0.29) is 17.8 Å². The van der Waals surface area contributed by atoms with Gasteiger partial charge in [-0.15, -0.1) is 0 Å². The summed E-state index contributed by atoms with van der Waals surface area (Å²) in [5.74, 6) is -0.0145. The third-order valence-electron chi connectivity index (χ3n) is 2.13. The maximum Gasteiger partial charge on any atom is 0.224 e. The van der Waals surface area contributed by atoms with Crippen molar-refractivity contribution in [3.63, 3.8) is 0 Å². The van der Waals surface area contributed by atoms with Crippen LogP contribution >= 0.6 is 0 Å². The van der Waals surface area contributed by atoms with Gasteiger partial charge < -0.3 is 15.7 Å². The molecule has 0 aliphatic rings. The van der Waals surface area contributed by atoms with Gasteiger partial charge in [0.25, 0.3) is 0 Å². The van der Waals surface area contributed by atoms with Crippen molar-refractivity contribution < 1.29 is 9.50 Å². The van der Waals surface area contributed by atoms with Gasteiger partial charge in [0.05, 0.1) is 6.20 Å². The van der Waals surface area contributed by atoms with Crippen molar-refractivity contribution in [3.05, 3.63) is 12.0 Å². The molecular formula is C10H17FN4O. The smallest absolute Gasteiger partial charge is 0.224 e. The lowest BCUT2D eigenvalue weighted by Crippen LogP contribution is -2.27. The first-order valence-corrected chi connectivity index (χ1v) is 5.03. The normalized spacial score (nSPS) is 11.3. The van der Waals surface area contributed by atoms with Crippen LogP contribution in [-0.4, -0.2) is 35.3 Å². The molecule has 0 unspecified atom stereocenters. The zero-order chi connectivity index (χ0) is 12.2. The van der Waals surface area contributed by atoms with E-state index in [0.717, 1.165) is 6.20 Å². The average molecular weight is 228 g/mol. The monoisotopic (exact) mass is 228 g/mol. The van der Waals surface area contributed by atoms with Crippen LogP contribution in [-0.2, 0) is 0 Å². The van der Waals surface area contributed by atoms with Crippen molar-refractivity contribution in [2.75, 3.05) is 30.8 Å². The van der Waals surface area contributed by atoms with Gasteiger partial charge in [-0.05, 0) is 0 Å². The van der Waals surface area contributed by atoms with Crippen molar-refractivity contribution in [1.29, 1.82) is 0 Å². The molecule has 16 heavy (non-hydrogen) atoms. The Morgan fingerprint density at radius 2 is 2.19 bits per heavy atom. The number of aromatic nitrogens is 2. The van der Waals surface area contributed by atoms with Gasteiger partial charge in [-0.2, -0.15) is 4.98 Å². The van der Waals surface area contributed by atoms with E-state index in [1.165, 1.54) is 0 Å². The minimum atomic E-state index is -0.507. The molecule has 0 saturated heterocycles. The zero-order valence-electron chi connectivity index (χ0n) is 9.71. The largest absolute Gasteiger partial charge is 0.396 e. The van der Waals surface area contributed by atoms with E-state index in [9.17, 15) is 4.39 Å². The molecule has 6 heteroatoms. The van der Waals surface area contributed by atoms with Gasteiger partial charge in [-0.25, -0.2) is 9.37 Å². The lowest BCUT2D eigenvalue weighted by atomic mass is 9.95. The number of rotatable bonds is 5. The molecule has 0 radical (unpaired) electrons. The molecule has 0 saturated carbocycles. The van der Waals surface area contributed by atoms with E-state index < -0.39 is 5.82 Å². The van der Waals surface area contributed by atoms with Crippen LogP contribution in [0.5, 0.6) is 0 Å². The Balaban J connectivity index is 2.73. The predicted octanol–water partition coefficient (Wildman–Crippen LogP) is 1.09. The van der Waals surface area contributed by atoms with E-state index in [4.69, 9.17) is 5.11 Å². The van der Waals surface area contributed by atoms with Gasteiger partial charge in [0.2, 0.25) is 5.95 Å². The number of halogens is 1. The van der Waals surface area contributed by atoms with E-state index >= 15 is 0 Å². The molecule has 1 aromatic rings. The topological polar surface area (TPSA) is 70.1 Å². The van der Waals surface area contributed by atoms with Crippen LogP contribution in [0.2, 0.25) is 0 Å². The SMILES string of the molecule is CNc1ncc(F)c(NCC(C)(C)CO)n1. The summed E-state index contributed by atoms with van der Waals surface area (Å²) in [4.78, 5) is 7.67. The summed E-state index contributed by atoms with van der Waals surface area (Å²) in [5, 5.41) is 14.6. The van der Waals surface area contributed by atoms with Crippen LogP contribution in [0.15, 0.2) is 6.20 Å².